The van der Waals surface area contributed by atoms with E-state index in [2.05, 4.69) is 35.1 Å². The molecule has 0 fully saturated rings. The van der Waals surface area contributed by atoms with Crippen LogP contribution in [0.25, 0.3) is 27.9 Å². The van der Waals surface area contributed by atoms with Crippen molar-refractivity contribution in [1.82, 2.24) is 9.97 Å². The fourth-order valence-corrected chi connectivity index (χ4v) is 4.05. The summed E-state index contributed by atoms with van der Waals surface area (Å²) in [4.78, 5) is 18.9. The number of hydrogen-bond acceptors (Lipinski definition) is 3. The number of benzene rings is 2. The predicted molar refractivity (Wildman–Crippen MR) is 131 cm³/mol. The number of fused-ring (bicyclic) bond motifs is 1. The topological polar surface area (TPSA) is 75.2 Å². The van der Waals surface area contributed by atoms with Gasteiger partial charge in [0.2, 0.25) is 0 Å². The summed E-state index contributed by atoms with van der Waals surface area (Å²) in [5.41, 5.74) is 5.05. The largest absolute Gasteiger partial charge is 0.478 e. The number of carboxylic acids is 1. The van der Waals surface area contributed by atoms with Crippen LogP contribution < -0.4 is 4.74 Å². The van der Waals surface area contributed by atoms with Crippen molar-refractivity contribution < 1.29 is 19.0 Å². The normalized spacial score (nSPS) is 15.4. The van der Waals surface area contributed by atoms with E-state index in [0.717, 1.165) is 12.0 Å². The molecule has 2 aromatic carbocycles. The van der Waals surface area contributed by atoms with Gasteiger partial charge in [0.25, 0.3) is 0 Å². The maximum absolute atomic E-state index is 14.9. The van der Waals surface area contributed by atoms with Crippen LogP contribution in [-0.4, -0.2) is 21.0 Å². The van der Waals surface area contributed by atoms with Crippen molar-refractivity contribution in [3.63, 3.8) is 0 Å². The summed E-state index contributed by atoms with van der Waals surface area (Å²) in [7, 11) is 0. The molecule has 1 aliphatic carbocycles. The Morgan fingerprint density at radius 3 is 2.59 bits per heavy atom. The van der Waals surface area contributed by atoms with E-state index in [9.17, 15) is 14.3 Å². The lowest BCUT2D eigenvalue weighted by Crippen LogP contribution is -1.99. The molecular weight excluding hydrogens is 431 g/mol. The molecule has 6 heteroatoms. The molecule has 170 valence electrons. The van der Waals surface area contributed by atoms with Gasteiger partial charge in [-0.2, -0.15) is 0 Å². The zero-order valence-electron chi connectivity index (χ0n) is 18.8. The number of nitrogens with zero attached hydrogens (tertiary/aromatic N) is 1. The number of carbonyl (C=O) groups is 1. The third-order valence-corrected chi connectivity index (χ3v) is 6.00. The van der Waals surface area contributed by atoms with E-state index < -0.39 is 11.8 Å². The first kappa shape index (κ1) is 21.6. The van der Waals surface area contributed by atoms with E-state index in [1.807, 2.05) is 24.3 Å². The van der Waals surface area contributed by atoms with Gasteiger partial charge >= 0.3 is 5.97 Å². The van der Waals surface area contributed by atoms with Gasteiger partial charge in [0.15, 0.2) is 11.7 Å². The minimum atomic E-state index is -1.02. The number of aromatic carboxylic acids is 1. The summed E-state index contributed by atoms with van der Waals surface area (Å²) in [5, 5.41) is 9.32. The second-order valence-electron chi connectivity index (χ2n) is 8.58. The Hall–Kier alpha value is -4.19. The van der Waals surface area contributed by atoms with E-state index in [1.165, 1.54) is 17.7 Å². The van der Waals surface area contributed by atoms with E-state index >= 15 is 0 Å². The Kier molecular flexibility index (Phi) is 5.49. The fraction of sp³-hybridized carbons (Fsp3) is 0.143. The molecule has 2 aromatic heterocycles. The standard InChI is InChI=1S/C28H23FN2O3/c1-16-3-6-18(7-4-16)19-8-10-20(11-9-19)27-23(29)14-24-25(31-27)15-26(30-24)34-21-12-5-17(2)22(13-21)28(32)33/h3,5-16,30H,4H2,1-2H3,(H,32,33). The van der Waals surface area contributed by atoms with E-state index in [1.54, 1.807) is 25.1 Å². The minimum absolute atomic E-state index is 0.164. The first-order valence-corrected chi connectivity index (χ1v) is 11.1. The average Bonchev–Trinajstić information content (AvgIpc) is 3.21. The highest BCUT2D eigenvalue weighted by Crippen LogP contribution is 2.31. The van der Waals surface area contributed by atoms with Gasteiger partial charge in [-0.3, -0.25) is 0 Å². The van der Waals surface area contributed by atoms with Crippen molar-refractivity contribution in [3.8, 4) is 22.9 Å². The Morgan fingerprint density at radius 2 is 1.88 bits per heavy atom. The Balaban J connectivity index is 1.42. The molecule has 1 aliphatic rings. The van der Waals surface area contributed by atoms with Crippen molar-refractivity contribution in [2.45, 2.75) is 20.3 Å². The zero-order chi connectivity index (χ0) is 23.8. The number of aromatic nitrogens is 2. The molecule has 0 spiro atoms. The van der Waals surface area contributed by atoms with Crippen LogP contribution in [0.4, 0.5) is 4.39 Å². The Labute approximate surface area is 196 Å². The van der Waals surface area contributed by atoms with E-state index in [4.69, 9.17) is 4.74 Å². The molecule has 0 saturated heterocycles. The van der Waals surface area contributed by atoms with Gasteiger partial charge in [-0.25, -0.2) is 14.2 Å². The number of aryl methyl sites for hydroxylation is 1. The second kappa shape index (κ2) is 8.63. The molecule has 2 heterocycles. The number of carboxylic acid groups (broad SMARTS) is 1. The molecule has 2 N–H and O–H groups in total. The number of ether oxygens (including phenoxy) is 1. The summed E-state index contributed by atoms with van der Waals surface area (Å²) in [6.07, 6.45) is 7.56. The number of rotatable bonds is 5. The molecule has 0 saturated carbocycles. The van der Waals surface area contributed by atoms with Crippen LogP contribution in [0.5, 0.6) is 11.6 Å². The van der Waals surface area contributed by atoms with Gasteiger partial charge in [-0.05, 0) is 48.1 Å². The SMILES string of the molecule is Cc1ccc(Oc2cc3nc(-c4ccc(C5=CCC(C)C=C5)cc4)c(F)cc3[nH]2)cc1C(=O)O. The number of halogens is 1. The highest BCUT2D eigenvalue weighted by molar-refractivity contribution is 5.90. The number of allylic oxidation sites excluding steroid dienone is 4. The van der Waals surface area contributed by atoms with Crippen LogP contribution in [0.2, 0.25) is 0 Å². The molecule has 34 heavy (non-hydrogen) atoms. The number of hydrogen-bond donors (Lipinski definition) is 2. The van der Waals surface area contributed by atoms with Crippen molar-refractivity contribution >= 4 is 22.6 Å². The zero-order valence-corrected chi connectivity index (χ0v) is 18.8. The minimum Gasteiger partial charge on any atom is -0.478 e. The first-order valence-electron chi connectivity index (χ1n) is 11.1. The molecule has 5 nitrogen and oxygen atoms in total. The van der Waals surface area contributed by atoms with Gasteiger partial charge in [-0.15, -0.1) is 0 Å². The first-order chi connectivity index (χ1) is 16.4. The van der Waals surface area contributed by atoms with Crippen LogP contribution in [0, 0.1) is 18.7 Å². The quantitative estimate of drug-likeness (QED) is 0.336. The van der Waals surface area contributed by atoms with Gasteiger partial charge in [0, 0.05) is 17.7 Å². The molecule has 4 aromatic rings. The van der Waals surface area contributed by atoms with Crippen molar-refractivity contribution in [2.24, 2.45) is 5.92 Å². The maximum atomic E-state index is 14.9. The third-order valence-electron chi connectivity index (χ3n) is 6.00. The van der Waals surface area contributed by atoms with Gasteiger partial charge < -0.3 is 14.8 Å². The number of nitrogens with one attached hydrogen (secondary N) is 1. The molecule has 0 amide bonds. The van der Waals surface area contributed by atoms with E-state index in [0.29, 0.717) is 39.7 Å². The van der Waals surface area contributed by atoms with Gasteiger partial charge in [0.05, 0.1) is 16.6 Å². The molecule has 1 atom stereocenters. The van der Waals surface area contributed by atoms with Crippen molar-refractivity contribution in [1.29, 1.82) is 0 Å². The third kappa shape index (κ3) is 4.22. The summed E-state index contributed by atoms with van der Waals surface area (Å²) in [6.45, 7) is 3.91. The summed E-state index contributed by atoms with van der Waals surface area (Å²) in [5.74, 6) is -0.202. The lowest BCUT2D eigenvalue weighted by molar-refractivity contribution is 0.0695. The second-order valence-corrected chi connectivity index (χ2v) is 8.58. The smallest absolute Gasteiger partial charge is 0.336 e. The Bertz CT molecular complexity index is 1470. The highest BCUT2D eigenvalue weighted by atomic mass is 19.1. The molecule has 0 bridgehead atoms. The highest BCUT2D eigenvalue weighted by Gasteiger charge is 2.14. The number of pyridine rings is 1. The van der Waals surface area contributed by atoms with Gasteiger partial charge in [0.1, 0.15) is 11.4 Å². The summed E-state index contributed by atoms with van der Waals surface area (Å²) >= 11 is 0. The number of aromatic amines is 1. The Morgan fingerprint density at radius 1 is 1.12 bits per heavy atom. The lowest BCUT2D eigenvalue weighted by atomic mass is 9.93. The monoisotopic (exact) mass is 454 g/mol. The summed E-state index contributed by atoms with van der Waals surface area (Å²) < 4.78 is 20.7. The van der Waals surface area contributed by atoms with Crippen molar-refractivity contribution in [2.75, 3.05) is 0 Å². The van der Waals surface area contributed by atoms with Crippen LogP contribution in [0.15, 0.2) is 72.8 Å². The number of H-pyrrole nitrogens is 1. The van der Waals surface area contributed by atoms with Gasteiger partial charge in [-0.1, -0.05) is 55.5 Å². The van der Waals surface area contributed by atoms with Crippen LogP contribution >= 0.6 is 0 Å². The van der Waals surface area contributed by atoms with Crippen LogP contribution in [0.1, 0.15) is 34.8 Å². The molecular formula is C28H23FN2O3. The molecule has 1 unspecified atom stereocenters. The maximum Gasteiger partial charge on any atom is 0.336 e. The van der Waals surface area contributed by atoms with E-state index in [-0.39, 0.29) is 11.3 Å². The molecule has 0 radical (unpaired) electrons. The molecule has 5 rings (SSSR count). The average molecular weight is 455 g/mol. The summed E-state index contributed by atoms with van der Waals surface area (Å²) in [6, 6.07) is 15.6. The van der Waals surface area contributed by atoms with Crippen LogP contribution in [-0.2, 0) is 0 Å². The lowest BCUT2D eigenvalue weighted by Gasteiger charge is -2.12. The predicted octanol–water partition coefficient (Wildman–Crippen LogP) is 7.15. The van der Waals surface area contributed by atoms with Crippen LogP contribution in [0.3, 0.4) is 0 Å². The van der Waals surface area contributed by atoms with Crippen molar-refractivity contribution in [3.05, 3.63) is 95.3 Å². The molecule has 0 aliphatic heterocycles. The fourth-order valence-electron chi connectivity index (χ4n) is 4.05.